The van der Waals surface area contributed by atoms with E-state index in [2.05, 4.69) is 5.32 Å². The molecule has 0 aliphatic carbocycles. The van der Waals surface area contributed by atoms with Gasteiger partial charge in [0.15, 0.2) is 0 Å². The first-order chi connectivity index (χ1) is 8.04. The second-order valence-corrected chi connectivity index (χ2v) is 4.16. The van der Waals surface area contributed by atoms with E-state index in [0.717, 1.165) is 11.3 Å². The van der Waals surface area contributed by atoms with E-state index in [1.807, 2.05) is 32.0 Å². The first-order valence-corrected chi connectivity index (χ1v) is 5.84. The average molecular weight is 254 g/mol. The van der Waals surface area contributed by atoms with Crippen molar-refractivity contribution in [2.24, 2.45) is 0 Å². The third-order valence-corrected chi connectivity index (χ3v) is 2.73. The van der Waals surface area contributed by atoms with Gasteiger partial charge in [-0.05, 0) is 31.0 Å². The molecule has 0 aromatic heterocycles. The van der Waals surface area contributed by atoms with Crippen LogP contribution in [0.1, 0.15) is 18.9 Å². The van der Waals surface area contributed by atoms with Crippen molar-refractivity contribution in [2.75, 3.05) is 11.9 Å². The van der Waals surface area contributed by atoms with Crippen LogP contribution in [0.4, 0.5) is 5.69 Å². The summed E-state index contributed by atoms with van der Waals surface area (Å²) in [6, 6.07) is 5.71. The van der Waals surface area contributed by atoms with E-state index in [1.165, 1.54) is 0 Å². The topological polar surface area (TPSA) is 49.3 Å². The van der Waals surface area contributed by atoms with E-state index < -0.39 is 5.97 Å². The fourth-order valence-electron chi connectivity index (χ4n) is 1.43. The normalized spacial score (nSPS) is 11.4. The molecule has 3 nitrogen and oxygen atoms in total. The highest BCUT2D eigenvalue weighted by Gasteiger charge is 2.03. The van der Waals surface area contributed by atoms with Gasteiger partial charge in [-0.1, -0.05) is 30.7 Å². The van der Waals surface area contributed by atoms with Gasteiger partial charge < -0.3 is 10.4 Å². The number of carbonyl (C=O) groups is 1. The van der Waals surface area contributed by atoms with Gasteiger partial charge in [-0.2, -0.15) is 0 Å². The summed E-state index contributed by atoms with van der Waals surface area (Å²) >= 11 is 6.04. The summed E-state index contributed by atoms with van der Waals surface area (Å²) in [5.41, 5.74) is 2.31. The lowest BCUT2D eigenvalue weighted by atomic mass is 10.2. The molecular formula is C13H16ClNO2. The molecule has 1 rings (SSSR count). The Labute approximate surface area is 106 Å². The van der Waals surface area contributed by atoms with Crippen molar-refractivity contribution in [1.82, 2.24) is 0 Å². The largest absolute Gasteiger partial charge is 0.478 e. The summed E-state index contributed by atoms with van der Waals surface area (Å²) in [5.74, 6) is -0.871. The van der Waals surface area contributed by atoms with Crippen LogP contribution in [0.3, 0.4) is 0 Å². The van der Waals surface area contributed by atoms with Crippen molar-refractivity contribution in [3.05, 3.63) is 40.4 Å². The molecule has 1 aromatic rings. The molecule has 2 N–H and O–H groups in total. The summed E-state index contributed by atoms with van der Waals surface area (Å²) in [6.07, 6.45) is 2.18. The Balaban J connectivity index is 2.65. The number of benzene rings is 1. The number of hydrogen-bond donors (Lipinski definition) is 2. The maximum Gasteiger partial charge on any atom is 0.331 e. The number of aryl methyl sites for hydroxylation is 1. The van der Waals surface area contributed by atoms with Crippen LogP contribution >= 0.6 is 11.6 Å². The number of hydrogen-bond acceptors (Lipinski definition) is 2. The van der Waals surface area contributed by atoms with Crippen molar-refractivity contribution < 1.29 is 9.90 Å². The average Bonchev–Trinajstić information content (AvgIpc) is 2.26. The van der Waals surface area contributed by atoms with Crippen LogP contribution in [0, 0.1) is 6.92 Å². The zero-order chi connectivity index (χ0) is 12.8. The van der Waals surface area contributed by atoms with Gasteiger partial charge in [-0.15, -0.1) is 0 Å². The molecule has 0 fully saturated rings. The Morgan fingerprint density at radius 3 is 2.76 bits per heavy atom. The minimum Gasteiger partial charge on any atom is -0.478 e. The van der Waals surface area contributed by atoms with Crippen LogP contribution in [-0.2, 0) is 4.79 Å². The van der Waals surface area contributed by atoms with Gasteiger partial charge in [0, 0.05) is 12.1 Å². The fourth-order valence-corrected chi connectivity index (χ4v) is 1.73. The van der Waals surface area contributed by atoms with E-state index >= 15 is 0 Å². The zero-order valence-corrected chi connectivity index (χ0v) is 10.7. The van der Waals surface area contributed by atoms with Gasteiger partial charge >= 0.3 is 5.97 Å². The summed E-state index contributed by atoms with van der Waals surface area (Å²) in [5, 5.41) is 12.6. The Kier molecular flexibility index (Phi) is 5.04. The SMILES string of the molecule is CC/C(=C/CNc1ccc(C)cc1Cl)C(=O)O. The molecule has 4 heteroatoms. The Morgan fingerprint density at radius 1 is 1.53 bits per heavy atom. The summed E-state index contributed by atoms with van der Waals surface area (Å²) in [6.45, 7) is 4.24. The third kappa shape index (κ3) is 4.11. The minimum absolute atomic E-state index is 0.403. The van der Waals surface area contributed by atoms with Crippen molar-refractivity contribution >= 4 is 23.3 Å². The van der Waals surface area contributed by atoms with Crippen LogP contribution < -0.4 is 5.32 Å². The standard InChI is InChI=1S/C13H16ClNO2/c1-3-10(13(16)17)6-7-15-12-5-4-9(2)8-11(12)14/h4-6,8,15H,3,7H2,1-2H3,(H,16,17)/b10-6-. The molecule has 0 aliphatic rings. The van der Waals surface area contributed by atoms with Crippen molar-refractivity contribution in [3.8, 4) is 0 Å². The second kappa shape index (κ2) is 6.30. The third-order valence-electron chi connectivity index (χ3n) is 2.42. The van der Waals surface area contributed by atoms with E-state index in [9.17, 15) is 4.79 Å². The van der Waals surface area contributed by atoms with Crippen LogP contribution in [0.2, 0.25) is 5.02 Å². The number of aliphatic carboxylic acids is 1. The summed E-state index contributed by atoms with van der Waals surface area (Å²) in [4.78, 5) is 10.8. The molecule has 0 saturated heterocycles. The Hall–Kier alpha value is -1.48. The maximum absolute atomic E-state index is 10.8. The van der Waals surface area contributed by atoms with Crippen molar-refractivity contribution in [1.29, 1.82) is 0 Å². The zero-order valence-electron chi connectivity index (χ0n) is 9.96. The van der Waals surface area contributed by atoms with E-state index in [4.69, 9.17) is 16.7 Å². The molecule has 0 unspecified atom stereocenters. The molecular weight excluding hydrogens is 238 g/mol. The molecule has 0 atom stereocenters. The predicted octanol–water partition coefficient (Wildman–Crippen LogP) is 3.48. The smallest absolute Gasteiger partial charge is 0.331 e. The summed E-state index contributed by atoms with van der Waals surface area (Å²) < 4.78 is 0. The lowest BCUT2D eigenvalue weighted by Crippen LogP contribution is -2.05. The number of anilines is 1. The molecule has 0 saturated carbocycles. The lowest BCUT2D eigenvalue weighted by Gasteiger charge is -2.07. The first kappa shape index (κ1) is 13.6. The van der Waals surface area contributed by atoms with Crippen molar-refractivity contribution in [3.63, 3.8) is 0 Å². The quantitative estimate of drug-likeness (QED) is 0.790. The van der Waals surface area contributed by atoms with Gasteiger partial charge in [0.25, 0.3) is 0 Å². The molecule has 1 aromatic carbocycles. The molecule has 0 aliphatic heterocycles. The van der Waals surface area contributed by atoms with Crippen molar-refractivity contribution in [2.45, 2.75) is 20.3 Å². The highest BCUT2D eigenvalue weighted by molar-refractivity contribution is 6.33. The molecule has 0 heterocycles. The number of carboxylic acid groups (broad SMARTS) is 1. The molecule has 0 amide bonds. The van der Waals surface area contributed by atoms with Crippen LogP contribution in [0.15, 0.2) is 29.8 Å². The van der Waals surface area contributed by atoms with E-state index in [-0.39, 0.29) is 0 Å². The van der Waals surface area contributed by atoms with Gasteiger partial charge in [0.05, 0.1) is 10.7 Å². The predicted molar refractivity (Wildman–Crippen MR) is 70.7 cm³/mol. The molecule has 0 spiro atoms. The molecule has 0 bridgehead atoms. The van der Waals surface area contributed by atoms with Crippen LogP contribution in [0.25, 0.3) is 0 Å². The number of carboxylic acids is 1. The Morgan fingerprint density at radius 2 is 2.24 bits per heavy atom. The fraction of sp³-hybridized carbons (Fsp3) is 0.308. The molecule has 0 radical (unpaired) electrons. The van der Waals surface area contributed by atoms with Gasteiger partial charge in [-0.3, -0.25) is 0 Å². The number of halogens is 1. The van der Waals surface area contributed by atoms with Crippen LogP contribution in [0.5, 0.6) is 0 Å². The van der Waals surface area contributed by atoms with Crippen LogP contribution in [-0.4, -0.2) is 17.6 Å². The monoisotopic (exact) mass is 253 g/mol. The van der Waals surface area contributed by atoms with Gasteiger partial charge in [0.2, 0.25) is 0 Å². The first-order valence-electron chi connectivity index (χ1n) is 5.47. The maximum atomic E-state index is 10.8. The van der Waals surface area contributed by atoms with Gasteiger partial charge in [-0.25, -0.2) is 4.79 Å². The van der Waals surface area contributed by atoms with E-state index in [0.29, 0.717) is 23.6 Å². The second-order valence-electron chi connectivity index (χ2n) is 3.75. The highest BCUT2D eigenvalue weighted by atomic mass is 35.5. The lowest BCUT2D eigenvalue weighted by molar-refractivity contribution is -0.132. The molecule has 17 heavy (non-hydrogen) atoms. The molecule has 92 valence electrons. The number of nitrogens with one attached hydrogen (secondary N) is 1. The minimum atomic E-state index is -0.871. The highest BCUT2D eigenvalue weighted by Crippen LogP contribution is 2.22. The van der Waals surface area contributed by atoms with Gasteiger partial charge in [0.1, 0.15) is 0 Å². The summed E-state index contributed by atoms with van der Waals surface area (Å²) in [7, 11) is 0. The number of rotatable bonds is 5. The Bertz CT molecular complexity index is 441. The van der Waals surface area contributed by atoms with E-state index in [1.54, 1.807) is 6.08 Å².